The van der Waals surface area contributed by atoms with Crippen LogP contribution in [0.25, 0.3) is 0 Å². The molecule has 0 saturated carbocycles. The standard InChI is InChI=1S/C16H21N5OS/c22-16(20-9-3-5-12(20)13-6-4-10-23-13)17-11-15-19-18-14-7-1-2-8-21(14)15/h4,6,10,12H,1-3,5,7-9,11H2,(H,17,22). The first-order valence-corrected chi connectivity index (χ1v) is 9.20. The number of carbonyl (C=O) groups is 1. The molecule has 0 spiro atoms. The lowest BCUT2D eigenvalue weighted by Gasteiger charge is -2.24. The highest BCUT2D eigenvalue weighted by atomic mass is 32.1. The van der Waals surface area contributed by atoms with E-state index in [1.165, 1.54) is 17.7 Å². The van der Waals surface area contributed by atoms with Crippen LogP contribution in [0.15, 0.2) is 17.5 Å². The topological polar surface area (TPSA) is 63.1 Å². The molecule has 4 rings (SSSR count). The number of fused-ring (bicyclic) bond motifs is 1. The van der Waals surface area contributed by atoms with Gasteiger partial charge in [-0.1, -0.05) is 6.07 Å². The van der Waals surface area contributed by atoms with Crippen molar-refractivity contribution in [3.63, 3.8) is 0 Å². The normalized spacial score (nSPS) is 20.5. The number of hydrogen-bond acceptors (Lipinski definition) is 4. The monoisotopic (exact) mass is 331 g/mol. The molecule has 0 radical (unpaired) electrons. The fourth-order valence-electron chi connectivity index (χ4n) is 3.54. The Morgan fingerprint density at radius 2 is 2.26 bits per heavy atom. The van der Waals surface area contributed by atoms with Gasteiger partial charge in [0.2, 0.25) is 0 Å². The number of urea groups is 1. The average Bonchev–Trinajstić information content (AvgIpc) is 3.31. The molecule has 1 saturated heterocycles. The minimum Gasteiger partial charge on any atom is -0.331 e. The van der Waals surface area contributed by atoms with Gasteiger partial charge in [0.15, 0.2) is 5.82 Å². The Kier molecular flexibility index (Phi) is 4.03. The van der Waals surface area contributed by atoms with Crippen LogP contribution in [0.4, 0.5) is 4.79 Å². The first-order chi connectivity index (χ1) is 11.3. The SMILES string of the molecule is O=C(NCc1nnc2n1CCCC2)N1CCCC1c1cccs1. The van der Waals surface area contributed by atoms with Crippen molar-refractivity contribution in [2.75, 3.05) is 6.54 Å². The van der Waals surface area contributed by atoms with Gasteiger partial charge in [-0.2, -0.15) is 0 Å². The molecule has 1 atom stereocenters. The van der Waals surface area contributed by atoms with Crippen molar-refractivity contribution in [3.05, 3.63) is 34.0 Å². The first-order valence-electron chi connectivity index (χ1n) is 8.32. The van der Waals surface area contributed by atoms with Gasteiger partial charge >= 0.3 is 6.03 Å². The van der Waals surface area contributed by atoms with E-state index in [0.717, 1.165) is 44.0 Å². The summed E-state index contributed by atoms with van der Waals surface area (Å²) < 4.78 is 2.16. The van der Waals surface area contributed by atoms with Crippen LogP contribution in [-0.2, 0) is 19.5 Å². The van der Waals surface area contributed by atoms with Crippen molar-refractivity contribution in [2.45, 2.75) is 51.2 Å². The van der Waals surface area contributed by atoms with E-state index in [1.54, 1.807) is 11.3 Å². The van der Waals surface area contributed by atoms with Crippen LogP contribution in [0.1, 0.15) is 48.3 Å². The lowest BCUT2D eigenvalue weighted by Crippen LogP contribution is -2.39. The van der Waals surface area contributed by atoms with Crippen LogP contribution in [0, 0.1) is 0 Å². The summed E-state index contributed by atoms with van der Waals surface area (Å²) in [5, 5.41) is 13.6. The quantitative estimate of drug-likeness (QED) is 0.940. The van der Waals surface area contributed by atoms with Crippen LogP contribution in [-0.4, -0.2) is 32.2 Å². The third kappa shape index (κ3) is 2.85. The second-order valence-corrected chi connectivity index (χ2v) is 7.15. The number of nitrogens with one attached hydrogen (secondary N) is 1. The van der Waals surface area contributed by atoms with Crippen molar-refractivity contribution in [1.82, 2.24) is 25.0 Å². The Labute approximate surface area is 139 Å². The number of carbonyl (C=O) groups excluding carboxylic acids is 1. The summed E-state index contributed by atoms with van der Waals surface area (Å²) in [6, 6.07) is 4.41. The van der Waals surface area contributed by atoms with E-state index < -0.39 is 0 Å². The third-order valence-electron chi connectivity index (χ3n) is 4.72. The number of hydrogen-bond donors (Lipinski definition) is 1. The van der Waals surface area contributed by atoms with Gasteiger partial charge < -0.3 is 14.8 Å². The molecule has 2 aromatic heterocycles. The molecule has 1 N–H and O–H groups in total. The van der Waals surface area contributed by atoms with Gasteiger partial charge in [0.25, 0.3) is 0 Å². The van der Waals surface area contributed by atoms with Crippen LogP contribution in [0.3, 0.4) is 0 Å². The summed E-state index contributed by atoms with van der Waals surface area (Å²) in [4.78, 5) is 15.8. The molecule has 4 heterocycles. The highest BCUT2D eigenvalue weighted by molar-refractivity contribution is 7.10. The summed E-state index contributed by atoms with van der Waals surface area (Å²) >= 11 is 1.73. The molecular formula is C16H21N5OS. The predicted molar refractivity (Wildman–Crippen MR) is 88.2 cm³/mol. The molecule has 6 nitrogen and oxygen atoms in total. The molecule has 1 fully saturated rings. The summed E-state index contributed by atoms with van der Waals surface area (Å²) in [6.45, 7) is 2.25. The minimum absolute atomic E-state index is 0.00839. The Balaban J connectivity index is 1.41. The number of likely N-dealkylation sites (tertiary alicyclic amines) is 1. The number of amides is 2. The van der Waals surface area contributed by atoms with E-state index in [2.05, 4.69) is 37.6 Å². The smallest absolute Gasteiger partial charge is 0.318 e. The van der Waals surface area contributed by atoms with Crippen molar-refractivity contribution in [3.8, 4) is 0 Å². The molecule has 0 bridgehead atoms. The third-order valence-corrected chi connectivity index (χ3v) is 5.69. The van der Waals surface area contributed by atoms with E-state index >= 15 is 0 Å². The maximum atomic E-state index is 12.6. The van der Waals surface area contributed by atoms with Gasteiger partial charge in [0, 0.05) is 24.4 Å². The maximum absolute atomic E-state index is 12.6. The molecule has 0 aromatic carbocycles. The van der Waals surface area contributed by atoms with Crippen molar-refractivity contribution in [1.29, 1.82) is 0 Å². The molecule has 23 heavy (non-hydrogen) atoms. The number of thiophene rings is 1. The maximum Gasteiger partial charge on any atom is 0.318 e. The van der Waals surface area contributed by atoms with Gasteiger partial charge in [0.1, 0.15) is 5.82 Å². The van der Waals surface area contributed by atoms with Crippen LogP contribution < -0.4 is 5.32 Å². The van der Waals surface area contributed by atoms with Crippen LogP contribution in [0.2, 0.25) is 0 Å². The summed E-state index contributed by atoms with van der Waals surface area (Å²) in [7, 11) is 0. The molecule has 1 unspecified atom stereocenters. The lowest BCUT2D eigenvalue weighted by molar-refractivity contribution is 0.193. The minimum atomic E-state index is 0.00839. The number of nitrogens with zero attached hydrogens (tertiary/aromatic N) is 4. The van der Waals surface area contributed by atoms with Crippen molar-refractivity contribution in [2.24, 2.45) is 0 Å². The van der Waals surface area contributed by atoms with E-state index in [9.17, 15) is 4.79 Å². The average molecular weight is 331 g/mol. The molecular weight excluding hydrogens is 310 g/mol. The summed E-state index contributed by atoms with van der Waals surface area (Å²) in [6.07, 6.45) is 5.46. The van der Waals surface area contributed by atoms with Crippen molar-refractivity contribution >= 4 is 17.4 Å². The molecule has 122 valence electrons. The van der Waals surface area contributed by atoms with Crippen LogP contribution >= 0.6 is 11.3 Å². The van der Waals surface area contributed by atoms with Gasteiger partial charge in [0.05, 0.1) is 12.6 Å². The van der Waals surface area contributed by atoms with E-state index in [1.807, 2.05) is 4.90 Å². The highest BCUT2D eigenvalue weighted by Gasteiger charge is 2.30. The van der Waals surface area contributed by atoms with Gasteiger partial charge in [-0.15, -0.1) is 21.5 Å². The lowest BCUT2D eigenvalue weighted by atomic mass is 10.2. The number of aryl methyl sites for hydroxylation is 1. The second kappa shape index (κ2) is 6.31. The van der Waals surface area contributed by atoms with E-state index in [4.69, 9.17) is 0 Å². The largest absolute Gasteiger partial charge is 0.331 e. The molecule has 0 aliphatic carbocycles. The van der Waals surface area contributed by atoms with Crippen LogP contribution in [0.5, 0.6) is 0 Å². The molecule has 7 heteroatoms. The Morgan fingerprint density at radius 1 is 1.30 bits per heavy atom. The Hall–Kier alpha value is -1.89. The number of aromatic nitrogens is 3. The Morgan fingerprint density at radius 3 is 3.13 bits per heavy atom. The summed E-state index contributed by atoms with van der Waals surface area (Å²) in [5.74, 6) is 1.93. The fraction of sp³-hybridized carbons (Fsp3) is 0.562. The number of rotatable bonds is 3. The first kappa shape index (κ1) is 14.7. The summed E-state index contributed by atoms with van der Waals surface area (Å²) in [5.41, 5.74) is 0. The van der Waals surface area contributed by atoms with Gasteiger partial charge in [-0.05, 0) is 37.1 Å². The van der Waals surface area contributed by atoms with Gasteiger partial charge in [-0.3, -0.25) is 0 Å². The zero-order chi connectivity index (χ0) is 15.6. The van der Waals surface area contributed by atoms with E-state index in [0.29, 0.717) is 6.54 Å². The zero-order valence-electron chi connectivity index (χ0n) is 13.1. The second-order valence-electron chi connectivity index (χ2n) is 6.17. The molecule has 2 amide bonds. The Bertz CT molecular complexity index is 681. The molecule has 2 aliphatic rings. The highest BCUT2D eigenvalue weighted by Crippen LogP contribution is 2.34. The fourth-order valence-corrected chi connectivity index (χ4v) is 4.42. The predicted octanol–water partition coefficient (Wildman–Crippen LogP) is 2.72. The van der Waals surface area contributed by atoms with Crippen molar-refractivity contribution < 1.29 is 4.79 Å². The zero-order valence-corrected chi connectivity index (χ0v) is 13.9. The molecule has 2 aromatic rings. The molecule has 2 aliphatic heterocycles. The van der Waals surface area contributed by atoms with Gasteiger partial charge in [-0.25, -0.2) is 4.79 Å². The van der Waals surface area contributed by atoms with E-state index in [-0.39, 0.29) is 12.1 Å².